The van der Waals surface area contributed by atoms with Gasteiger partial charge in [0.25, 0.3) is 0 Å². The average Bonchev–Trinajstić information content (AvgIpc) is 3.44. The number of methoxy groups -OCH3 is 1. The molecule has 2 fully saturated rings. The number of hydrogen-bond donors (Lipinski definition) is 2. The van der Waals surface area contributed by atoms with Gasteiger partial charge < -0.3 is 15.2 Å². The molecule has 0 aliphatic heterocycles. The molecule has 1 aromatic carbocycles. The third-order valence-electron chi connectivity index (χ3n) is 6.48. The second-order valence-electron chi connectivity index (χ2n) is 9.35. The van der Waals surface area contributed by atoms with Crippen LogP contribution < -0.4 is 5.32 Å². The number of pyridine rings is 1. The minimum Gasteiger partial charge on any atom is -0.465 e. The number of alkyl halides is 3. The largest absolute Gasteiger partial charge is 0.465 e. The number of carboxylic acid groups (broad SMARTS) is 1. The van der Waals surface area contributed by atoms with E-state index in [1.54, 1.807) is 0 Å². The quantitative estimate of drug-likeness (QED) is 0.510. The number of nitrogens with one attached hydrogen (secondary N) is 1. The predicted molar refractivity (Wildman–Crippen MR) is 132 cm³/mol. The Bertz CT molecular complexity index is 1500. The molecule has 2 saturated carbocycles. The minimum atomic E-state index is -4.92. The van der Waals surface area contributed by atoms with Gasteiger partial charge in [0.15, 0.2) is 19.7 Å². The number of ether oxygens (including phenoxy) is 1. The van der Waals surface area contributed by atoms with E-state index >= 15 is 0 Å². The van der Waals surface area contributed by atoms with Crippen molar-refractivity contribution in [1.29, 1.82) is 5.26 Å². The van der Waals surface area contributed by atoms with Crippen LogP contribution >= 0.6 is 0 Å². The Morgan fingerprint density at radius 3 is 2.28 bits per heavy atom. The van der Waals surface area contributed by atoms with E-state index in [2.05, 4.69) is 10.3 Å². The van der Waals surface area contributed by atoms with Crippen LogP contribution in [0.3, 0.4) is 0 Å². The molecule has 4 rings (SSSR count). The number of rotatable bonds is 6. The van der Waals surface area contributed by atoms with Crippen molar-refractivity contribution in [1.82, 2.24) is 10.3 Å². The summed E-state index contributed by atoms with van der Waals surface area (Å²) in [5.41, 5.74) is -1.87. The number of benzene rings is 1. The molecule has 2 N–H and O–H groups in total. The molecule has 2 aliphatic carbocycles. The van der Waals surface area contributed by atoms with Gasteiger partial charge in [-0.05, 0) is 55.9 Å². The summed E-state index contributed by atoms with van der Waals surface area (Å²) in [5, 5.41) is 17.7. The van der Waals surface area contributed by atoms with E-state index in [1.807, 2.05) is 6.07 Å². The van der Waals surface area contributed by atoms with Crippen molar-refractivity contribution in [2.24, 2.45) is 0 Å². The lowest BCUT2D eigenvalue weighted by atomic mass is 10.0. The molecule has 0 radical (unpaired) electrons. The molecule has 0 bridgehead atoms. The highest BCUT2D eigenvalue weighted by Crippen LogP contribution is 2.40. The zero-order chi connectivity index (χ0) is 29.2. The lowest BCUT2D eigenvalue weighted by Crippen LogP contribution is -2.33. The Morgan fingerprint density at radius 1 is 1.15 bits per heavy atom. The van der Waals surface area contributed by atoms with Crippen molar-refractivity contribution < 1.29 is 44.6 Å². The molecule has 1 amide bonds. The summed E-state index contributed by atoms with van der Waals surface area (Å²) in [6, 6.07) is 5.97. The predicted octanol–water partition coefficient (Wildman–Crippen LogP) is 3.82. The second kappa shape index (κ2) is 11.1. The molecule has 212 valence electrons. The summed E-state index contributed by atoms with van der Waals surface area (Å²) in [7, 11) is -6.41. The summed E-state index contributed by atoms with van der Waals surface area (Å²) in [6.07, 6.45) is -0.947. The van der Waals surface area contributed by atoms with Gasteiger partial charge in [-0.15, -0.1) is 0 Å². The highest BCUT2D eigenvalue weighted by atomic mass is 32.2. The summed E-state index contributed by atoms with van der Waals surface area (Å²) in [5.74, 6) is 0. The number of carbonyl (C=O) groups is 1. The molecular weight excluding hydrogens is 563 g/mol. The zero-order valence-electron chi connectivity index (χ0n) is 20.9. The van der Waals surface area contributed by atoms with Gasteiger partial charge >= 0.3 is 12.3 Å². The molecule has 1 aromatic heterocycles. The fourth-order valence-corrected chi connectivity index (χ4v) is 6.74. The topological polar surface area (TPSA) is 164 Å². The molecule has 10 nitrogen and oxygen atoms in total. The first-order chi connectivity index (χ1) is 18.0. The number of nitrogens with zero attached hydrogens (tertiary/aromatic N) is 2. The molecule has 15 heteroatoms. The zero-order valence-corrected chi connectivity index (χ0v) is 22.5. The maximum atomic E-state index is 13.8. The molecule has 1 heterocycles. The van der Waals surface area contributed by atoms with Gasteiger partial charge in [-0.3, -0.25) is 4.98 Å². The van der Waals surface area contributed by atoms with Gasteiger partial charge in [-0.25, -0.2) is 21.6 Å². The molecule has 39 heavy (non-hydrogen) atoms. The first-order valence-corrected chi connectivity index (χ1v) is 15.0. The van der Waals surface area contributed by atoms with Crippen LogP contribution in [0.25, 0.3) is 11.1 Å². The van der Waals surface area contributed by atoms with E-state index in [-0.39, 0.29) is 35.0 Å². The average molecular weight is 590 g/mol. The van der Waals surface area contributed by atoms with Crippen molar-refractivity contribution in [2.75, 3.05) is 13.4 Å². The van der Waals surface area contributed by atoms with Crippen molar-refractivity contribution in [2.45, 2.75) is 65.0 Å². The molecule has 0 unspecified atom stereocenters. The summed E-state index contributed by atoms with van der Waals surface area (Å²) in [4.78, 5) is 12.8. The standard InChI is InChI=1S/C19H20F3NO5S2.C5H6N2O2/c1-28-14-4-5-15(9-14)30(26,27)18-6-3-12(8-17(18)19(20,21)22)13-7-16(11-23-10-13)29(2,24)25;6-3-5(1-2-5)7-4(8)9/h3,6-8,10-11,14-15H,4-5,9H2,1-2H3;7H,1-2H2,(H,8,9)/t14-,15-;/m0./s1. The lowest BCUT2D eigenvalue weighted by Gasteiger charge is -2.18. The van der Waals surface area contributed by atoms with E-state index in [9.17, 15) is 34.8 Å². The smallest absolute Gasteiger partial charge is 0.417 e. The van der Waals surface area contributed by atoms with Crippen LogP contribution in [-0.4, -0.2) is 63.3 Å². The number of amides is 1. The van der Waals surface area contributed by atoms with Crippen LogP contribution in [0, 0.1) is 11.3 Å². The van der Waals surface area contributed by atoms with Crippen LogP contribution in [0.2, 0.25) is 0 Å². The van der Waals surface area contributed by atoms with E-state index < -0.39 is 53.2 Å². The molecule has 2 aliphatic rings. The highest BCUT2D eigenvalue weighted by Gasteiger charge is 2.45. The van der Waals surface area contributed by atoms with Crippen LogP contribution in [0.15, 0.2) is 46.5 Å². The number of hydrogen-bond acceptors (Lipinski definition) is 8. The fourth-order valence-electron chi connectivity index (χ4n) is 4.13. The van der Waals surface area contributed by atoms with Gasteiger partial charge in [-0.1, -0.05) is 6.07 Å². The Labute approximate surface area is 223 Å². The van der Waals surface area contributed by atoms with Crippen LogP contribution in [0.5, 0.6) is 0 Å². The minimum absolute atomic E-state index is 0.0143. The van der Waals surface area contributed by atoms with Crippen LogP contribution in [-0.2, 0) is 30.6 Å². The molecule has 2 aromatic rings. The van der Waals surface area contributed by atoms with Crippen LogP contribution in [0.1, 0.15) is 37.7 Å². The molecular formula is C24H26F3N3O7S2. The third-order valence-corrected chi connectivity index (χ3v) is 9.84. The van der Waals surface area contributed by atoms with Crippen molar-refractivity contribution in [3.05, 3.63) is 42.2 Å². The third kappa shape index (κ3) is 7.25. The van der Waals surface area contributed by atoms with Crippen molar-refractivity contribution in [3.63, 3.8) is 0 Å². The van der Waals surface area contributed by atoms with Gasteiger partial charge in [0.1, 0.15) is 5.54 Å². The van der Waals surface area contributed by atoms with Crippen molar-refractivity contribution >= 4 is 25.8 Å². The molecule has 0 spiro atoms. The Kier molecular flexibility index (Phi) is 8.63. The number of aromatic nitrogens is 1. The monoisotopic (exact) mass is 589 g/mol. The maximum absolute atomic E-state index is 13.8. The van der Waals surface area contributed by atoms with Gasteiger partial charge in [-0.2, -0.15) is 18.4 Å². The highest BCUT2D eigenvalue weighted by molar-refractivity contribution is 7.92. The second-order valence-corrected chi connectivity index (χ2v) is 13.6. The fraction of sp³-hybridized carbons (Fsp3) is 0.458. The van der Waals surface area contributed by atoms with E-state index in [0.29, 0.717) is 19.3 Å². The summed E-state index contributed by atoms with van der Waals surface area (Å²) < 4.78 is 95.8. The summed E-state index contributed by atoms with van der Waals surface area (Å²) in [6.45, 7) is 0. The van der Waals surface area contributed by atoms with Gasteiger partial charge in [0.05, 0.1) is 32.8 Å². The Balaban J connectivity index is 0.000000395. The maximum Gasteiger partial charge on any atom is 0.417 e. The van der Waals surface area contributed by atoms with Gasteiger partial charge in [0, 0.05) is 31.3 Å². The molecule has 2 atom stereocenters. The van der Waals surface area contributed by atoms with Gasteiger partial charge in [0.2, 0.25) is 0 Å². The van der Waals surface area contributed by atoms with Crippen molar-refractivity contribution in [3.8, 4) is 17.2 Å². The lowest BCUT2D eigenvalue weighted by molar-refractivity contribution is -0.139. The number of nitriles is 1. The first-order valence-electron chi connectivity index (χ1n) is 11.6. The first kappa shape index (κ1) is 30.3. The Hall–Kier alpha value is -3.22. The SMILES string of the molecule is CO[C@H]1CC[C@H](S(=O)(=O)c2ccc(-c3cncc(S(C)(=O)=O)c3)cc2C(F)(F)F)C1.N#CC1(NC(=O)O)CC1. The van der Waals surface area contributed by atoms with E-state index in [0.717, 1.165) is 24.6 Å². The van der Waals surface area contributed by atoms with Crippen LogP contribution in [0.4, 0.5) is 18.0 Å². The Morgan fingerprint density at radius 2 is 1.82 bits per heavy atom. The number of halogens is 3. The van der Waals surface area contributed by atoms with E-state index in [1.165, 1.54) is 25.4 Å². The normalized spacial score (nSPS) is 20.3. The number of sulfone groups is 2. The summed E-state index contributed by atoms with van der Waals surface area (Å²) >= 11 is 0. The van der Waals surface area contributed by atoms with E-state index in [4.69, 9.17) is 15.1 Å². The molecule has 0 saturated heterocycles.